The summed E-state index contributed by atoms with van der Waals surface area (Å²) < 4.78 is 2.18. The number of aromatic nitrogens is 3. The van der Waals surface area contributed by atoms with Gasteiger partial charge in [-0.15, -0.1) is 5.10 Å². The minimum absolute atomic E-state index is 0.388. The lowest BCUT2D eigenvalue weighted by Crippen LogP contribution is -2.50. The predicted molar refractivity (Wildman–Crippen MR) is 167 cm³/mol. The van der Waals surface area contributed by atoms with Crippen LogP contribution in [0.1, 0.15) is 118 Å². The SMILES string of the molecule is CC[C@H](CC[C@@H](C)[C@H]1CC[C@H]2[C@@H]3CC=C4C[C@@H](n5cc(-c6ccccc6)nn5)CC[C@]4(C)[C@H]3CC[C@]12C)C(C)C. The highest BCUT2D eigenvalue weighted by Gasteiger charge is 2.59. The summed E-state index contributed by atoms with van der Waals surface area (Å²) in [6.07, 6.45) is 20.0. The first-order valence-electron chi connectivity index (χ1n) is 16.9. The average molecular weight is 542 g/mol. The molecule has 1 aromatic carbocycles. The van der Waals surface area contributed by atoms with Gasteiger partial charge in [-0.3, -0.25) is 0 Å². The Hall–Kier alpha value is -1.90. The van der Waals surface area contributed by atoms with E-state index in [0.29, 0.717) is 16.9 Å². The maximum Gasteiger partial charge on any atom is 0.113 e. The number of fused-ring (bicyclic) bond motifs is 5. The van der Waals surface area contributed by atoms with Crippen molar-refractivity contribution in [1.82, 2.24) is 15.0 Å². The van der Waals surface area contributed by atoms with Crippen LogP contribution in [0.15, 0.2) is 48.2 Å². The number of nitrogens with zero attached hydrogens (tertiary/aromatic N) is 3. The monoisotopic (exact) mass is 541 g/mol. The second-order valence-corrected chi connectivity index (χ2v) is 15.3. The van der Waals surface area contributed by atoms with Crippen LogP contribution < -0.4 is 0 Å². The van der Waals surface area contributed by atoms with E-state index in [1.165, 1.54) is 64.2 Å². The fraction of sp³-hybridized carbons (Fsp3) is 0.730. The summed E-state index contributed by atoms with van der Waals surface area (Å²) in [4.78, 5) is 0. The van der Waals surface area contributed by atoms with Crippen LogP contribution in [0.3, 0.4) is 0 Å². The normalized spacial score (nSPS) is 36.9. The van der Waals surface area contributed by atoms with Crippen LogP contribution in [0.2, 0.25) is 0 Å². The third-order valence-electron chi connectivity index (χ3n) is 13.3. The summed E-state index contributed by atoms with van der Waals surface area (Å²) >= 11 is 0. The Bertz CT molecular complexity index is 1180. The first-order valence-corrected chi connectivity index (χ1v) is 16.9. The molecular weight excluding hydrogens is 486 g/mol. The molecular formula is C37H55N3. The molecule has 4 aliphatic carbocycles. The molecule has 0 saturated heterocycles. The molecule has 4 aliphatic rings. The van der Waals surface area contributed by atoms with Gasteiger partial charge in [-0.2, -0.15) is 0 Å². The number of hydrogen-bond donors (Lipinski definition) is 0. The lowest BCUT2D eigenvalue weighted by atomic mass is 9.47. The summed E-state index contributed by atoms with van der Waals surface area (Å²) in [5.74, 6) is 6.25. The molecule has 218 valence electrons. The van der Waals surface area contributed by atoms with Gasteiger partial charge in [0.05, 0.1) is 12.2 Å². The molecule has 3 saturated carbocycles. The number of hydrogen-bond acceptors (Lipinski definition) is 2. The molecule has 6 rings (SSSR count). The molecule has 0 aliphatic heterocycles. The van der Waals surface area contributed by atoms with Crippen LogP contribution in [0.25, 0.3) is 11.3 Å². The first-order chi connectivity index (χ1) is 19.2. The highest BCUT2D eigenvalue weighted by atomic mass is 15.4. The smallest absolute Gasteiger partial charge is 0.113 e. The molecule has 1 heterocycles. The largest absolute Gasteiger partial charge is 0.249 e. The van der Waals surface area contributed by atoms with Crippen LogP contribution in [-0.2, 0) is 0 Å². The van der Waals surface area contributed by atoms with Gasteiger partial charge in [0.25, 0.3) is 0 Å². The fourth-order valence-corrected chi connectivity index (χ4v) is 10.7. The minimum atomic E-state index is 0.388. The third kappa shape index (κ3) is 4.82. The molecule has 0 N–H and O–H groups in total. The van der Waals surface area contributed by atoms with Gasteiger partial charge in [0, 0.05) is 5.56 Å². The van der Waals surface area contributed by atoms with Crippen LogP contribution in [-0.4, -0.2) is 15.0 Å². The second kappa shape index (κ2) is 11.1. The minimum Gasteiger partial charge on any atom is -0.249 e. The zero-order chi connectivity index (χ0) is 28.1. The molecule has 0 unspecified atom stereocenters. The van der Waals surface area contributed by atoms with Crippen molar-refractivity contribution in [2.75, 3.05) is 0 Å². The van der Waals surface area contributed by atoms with E-state index in [9.17, 15) is 0 Å². The van der Waals surface area contributed by atoms with E-state index < -0.39 is 0 Å². The summed E-state index contributed by atoms with van der Waals surface area (Å²) in [5.41, 5.74) is 4.85. The maximum atomic E-state index is 4.62. The van der Waals surface area contributed by atoms with Crippen molar-refractivity contribution in [2.24, 2.45) is 52.3 Å². The molecule has 0 amide bonds. The van der Waals surface area contributed by atoms with E-state index in [1.807, 2.05) is 0 Å². The number of rotatable bonds is 8. The molecule has 2 aromatic rings. The molecule has 9 atom stereocenters. The van der Waals surface area contributed by atoms with Gasteiger partial charge in [0.15, 0.2) is 0 Å². The van der Waals surface area contributed by atoms with E-state index in [-0.39, 0.29) is 0 Å². The molecule has 1 aromatic heterocycles. The Morgan fingerprint density at radius 2 is 1.75 bits per heavy atom. The van der Waals surface area contributed by atoms with Crippen molar-refractivity contribution in [2.45, 2.75) is 118 Å². The number of allylic oxidation sites excluding steroid dienone is 2. The molecule has 0 spiro atoms. The van der Waals surface area contributed by atoms with Gasteiger partial charge < -0.3 is 0 Å². The molecule has 0 radical (unpaired) electrons. The maximum absolute atomic E-state index is 4.62. The van der Waals surface area contributed by atoms with Crippen molar-refractivity contribution in [3.8, 4) is 11.3 Å². The van der Waals surface area contributed by atoms with E-state index in [0.717, 1.165) is 59.1 Å². The molecule has 3 nitrogen and oxygen atoms in total. The zero-order valence-electron chi connectivity index (χ0n) is 26.3. The molecule has 3 fully saturated rings. The van der Waals surface area contributed by atoms with Crippen molar-refractivity contribution in [1.29, 1.82) is 0 Å². The Labute approximate surface area is 244 Å². The molecule has 0 bridgehead atoms. The van der Waals surface area contributed by atoms with Crippen LogP contribution in [0.5, 0.6) is 0 Å². The number of benzene rings is 1. The summed E-state index contributed by atoms with van der Waals surface area (Å²) in [6, 6.07) is 10.9. The third-order valence-corrected chi connectivity index (χ3v) is 13.3. The quantitative estimate of drug-likeness (QED) is 0.311. The van der Waals surface area contributed by atoms with Crippen LogP contribution in [0.4, 0.5) is 0 Å². The lowest BCUT2D eigenvalue weighted by Gasteiger charge is -2.58. The van der Waals surface area contributed by atoms with Gasteiger partial charge in [0.1, 0.15) is 5.69 Å². The van der Waals surface area contributed by atoms with Crippen molar-refractivity contribution < 1.29 is 0 Å². The summed E-state index contributed by atoms with van der Waals surface area (Å²) in [5, 5.41) is 9.16. The van der Waals surface area contributed by atoms with Gasteiger partial charge >= 0.3 is 0 Å². The van der Waals surface area contributed by atoms with Gasteiger partial charge in [-0.05, 0) is 110 Å². The van der Waals surface area contributed by atoms with Gasteiger partial charge in [-0.25, -0.2) is 4.68 Å². The Kier molecular flexibility index (Phi) is 7.81. The zero-order valence-corrected chi connectivity index (χ0v) is 26.3. The Morgan fingerprint density at radius 1 is 0.950 bits per heavy atom. The van der Waals surface area contributed by atoms with Crippen molar-refractivity contribution >= 4 is 0 Å². The summed E-state index contributed by atoms with van der Waals surface area (Å²) in [6.45, 7) is 15.3. The van der Waals surface area contributed by atoms with E-state index in [1.54, 1.807) is 5.57 Å². The average Bonchev–Trinajstić information content (AvgIpc) is 3.58. The van der Waals surface area contributed by atoms with Crippen molar-refractivity contribution in [3.63, 3.8) is 0 Å². The fourth-order valence-electron chi connectivity index (χ4n) is 10.7. The predicted octanol–water partition coefficient (Wildman–Crippen LogP) is 10.2. The van der Waals surface area contributed by atoms with E-state index in [4.69, 9.17) is 0 Å². The van der Waals surface area contributed by atoms with E-state index >= 15 is 0 Å². The lowest BCUT2D eigenvalue weighted by molar-refractivity contribution is -0.0528. The van der Waals surface area contributed by atoms with Crippen LogP contribution >= 0.6 is 0 Å². The van der Waals surface area contributed by atoms with Gasteiger partial charge in [-0.1, -0.05) is 102 Å². The Balaban J connectivity index is 1.15. The standard InChI is InChI=1S/C37H55N3/c1-7-27(25(2)3)14-13-26(4)32-17-18-33-31-16-15-29-23-30(19-21-36(29,5)34(31)20-22-37(32,33)6)40-24-35(38-39-40)28-11-9-8-10-12-28/h8-12,15,24-27,30-34H,7,13-14,16-23H2,1-6H3/t26-,27-,30+,31+,32-,33+,34+,36+,37-/m1/s1. The highest BCUT2D eigenvalue weighted by molar-refractivity contribution is 5.57. The Morgan fingerprint density at radius 3 is 2.50 bits per heavy atom. The van der Waals surface area contributed by atoms with E-state index in [2.05, 4.69) is 99.1 Å². The highest BCUT2D eigenvalue weighted by Crippen LogP contribution is 2.67. The molecule has 3 heteroatoms. The van der Waals surface area contributed by atoms with Crippen LogP contribution in [0, 0.1) is 52.3 Å². The van der Waals surface area contributed by atoms with Gasteiger partial charge in [0.2, 0.25) is 0 Å². The topological polar surface area (TPSA) is 30.7 Å². The van der Waals surface area contributed by atoms with Crippen molar-refractivity contribution in [3.05, 3.63) is 48.2 Å². The molecule has 40 heavy (non-hydrogen) atoms. The summed E-state index contributed by atoms with van der Waals surface area (Å²) in [7, 11) is 0. The first kappa shape index (κ1) is 28.2. The second-order valence-electron chi connectivity index (χ2n) is 15.3.